The molecule has 0 aliphatic heterocycles. The highest BCUT2D eigenvalue weighted by atomic mass is 127. The summed E-state index contributed by atoms with van der Waals surface area (Å²) in [6.07, 6.45) is -5.31. The van der Waals surface area contributed by atoms with Crippen molar-refractivity contribution in [3.05, 3.63) is 25.3 Å². The molecule has 0 fully saturated rings. The van der Waals surface area contributed by atoms with Crippen LogP contribution in [0.2, 0.25) is 0 Å². The third kappa shape index (κ3) is 3.69. The van der Waals surface area contributed by atoms with Gasteiger partial charge in [-0.2, -0.15) is 5.26 Å². The minimum Gasteiger partial charge on any atom is -0.366 e. The Balaban J connectivity index is 3.28. The Bertz CT molecular complexity index is 527. The molecule has 0 aliphatic rings. The summed E-state index contributed by atoms with van der Waals surface area (Å²) in [5.41, 5.74) is -0.0439. The maximum atomic E-state index is 12.0. The number of halogens is 4. The fourth-order valence-corrected chi connectivity index (χ4v) is 1.77. The maximum Gasteiger partial charge on any atom is 0.575 e. The first kappa shape index (κ1) is 14.4. The molecule has 0 N–H and O–H groups in total. The lowest BCUT2D eigenvalue weighted by Crippen LogP contribution is -2.18. The first-order valence-electron chi connectivity index (χ1n) is 4.21. The molecule has 0 aliphatic carbocycles. The average molecular weight is 373 g/mol. The number of nitrogens with zero attached hydrogens (tertiary/aromatic N) is 3. The van der Waals surface area contributed by atoms with Crippen molar-refractivity contribution in [1.29, 1.82) is 5.26 Å². The van der Waals surface area contributed by atoms with E-state index in [4.69, 9.17) is 5.26 Å². The molecule has 0 spiro atoms. The van der Waals surface area contributed by atoms with Gasteiger partial charge in [0.05, 0.1) is 18.1 Å². The van der Waals surface area contributed by atoms with Crippen molar-refractivity contribution in [3.63, 3.8) is 0 Å². The lowest BCUT2D eigenvalue weighted by atomic mass is 10.2. The van der Waals surface area contributed by atoms with Crippen LogP contribution >= 0.6 is 22.6 Å². The molecule has 0 bridgehead atoms. The SMILES string of the molecule is N#CCc1c(I)cc(OC(F)(F)F)nc1[N+](=O)[O-]. The molecule has 0 radical (unpaired) electrons. The van der Waals surface area contributed by atoms with Crippen LogP contribution in [-0.4, -0.2) is 16.3 Å². The zero-order valence-electron chi connectivity index (χ0n) is 8.36. The molecule has 0 amide bonds. The van der Waals surface area contributed by atoms with Crippen LogP contribution in [0.1, 0.15) is 5.56 Å². The van der Waals surface area contributed by atoms with Crippen LogP contribution in [0.15, 0.2) is 6.07 Å². The molecule has 0 saturated carbocycles. The molecule has 0 atom stereocenters. The second-order valence-electron chi connectivity index (χ2n) is 2.88. The van der Waals surface area contributed by atoms with Crippen molar-refractivity contribution in [1.82, 2.24) is 4.98 Å². The first-order chi connectivity index (χ1) is 8.24. The predicted octanol–water partition coefficient (Wildman–Crippen LogP) is 2.56. The summed E-state index contributed by atoms with van der Waals surface area (Å²) >= 11 is 1.58. The van der Waals surface area contributed by atoms with Crippen LogP contribution in [0, 0.1) is 25.0 Å². The van der Waals surface area contributed by atoms with Crippen LogP contribution < -0.4 is 4.74 Å². The molecular formula is C8H3F3IN3O3. The van der Waals surface area contributed by atoms with Gasteiger partial charge in [0.15, 0.2) is 0 Å². The van der Waals surface area contributed by atoms with Gasteiger partial charge in [-0.15, -0.1) is 13.2 Å². The maximum absolute atomic E-state index is 12.0. The Morgan fingerprint density at radius 2 is 2.22 bits per heavy atom. The van der Waals surface area contributed by atoms with Gasteiger partial charge in [0.1, 0.15) is 0 Å². The van der Waals surface area contributed by atoms with Crippen LogP contribution in [-0.2, 0) is 6.42 Å². The van der Waals surface area contributed by atoms with Gasteiger partial charge in [0.25, 0.3) is 0 Å². The van der Waals surface area contributed by atoms with E-state index in [0.717, 1.165) is 6.07 Å². The average Bonchev–Trinajstić information content (AvgIpc) is 2.19. The molecule has 0 saturated heterocycles. The topological polar surface area (TPSA) is 89.0 Å². The number of nitriles is 1. The quantitative estimate of drug-likeness (QED) is 0.462. The van der Waals surface area contributed by atoms with Gasteiger partial charge in [0, 0.05) is 14.6 Å². The Hall–Kier alpha value is -1.64. The number of hydrogen-bond donors (Lipinski definition) is 0. The third-order valence-corrected chi connectivity index (χ3v) is 2.64. The van der Waals surface area contributed by atoms with E-state index in [1.54, 1.807) is 28.7 Å². The summed E-state index contributed by atoms with van der Waals surface area (Å²) in [6, 6.07) is 2.56. The van der Waals surface area contributed by atoms with Crippen molar-refractivity contribution in [3.8, 4) is 11.9 Å². The minimum absolute atomic E-state index is 0.0439. The summed E-state index contributed by atoms with van der Waals surface area (Å²) < 4.78 is 39.5. The highest BCUT2D eigenvalue weighted by Gasteiger charge is 2.35. The number of aromatic nitrogens is 1. The van der Waals surface area contributed by atoms with Crippen molar-refractivity contribution < 1.29 is 22.8 Å². The molecule has 18 heavy (non-hydrogen) atoms. The smallest absolute Gasteiger partial charge is 0.366 e. The van der Waals surface area contributed by atoms with Gasteiger partial charge in [-0.25, -0.2) is 0 Å². The van der Waals surface area contributed by atoms with Gasteiger partial charge in [-0.05, 0) is 27.5 Å². The third-order valence-electron chi connectivity index (χ3n) is 1.67. The Labute approximate surface area is 112 Å². The summed E-state index contributed by atoms with van der Waals surface area (Å²) in [4.78, 5) is 12.8. The number of hydrogen-bond acceptors (Lipinski definition) is 5. The lowest BCUT2D eigenvalue weighted by Gasteiger charge is -2.07. The highest BCUT2D eigenvalue weighted by molar-refractivity contribution is 14.1. The molecule has 6 nitrogen and oxygen atoms in total. The van der Waals surface area contributed by atoms with Gasteiger partial charge >= 0.3 is 18.1 Å². The van der Waals surface area contributed by atoms with Gasteiger partial charge in [-0.3, -0.25) is 0 Å². The van der Waals surface area contributed by atoms with Crippen LogP contribution in [0.5, 0.6) is 5.88 Å². The first-order valence-corrected chi connectivity index (χ1v) is 5.29. The molecule has 0 unspecified atom stereocenters. The second-order valence-corrected chi connectivity index (χ2v) is 4.05. The highest BCUT2D eigenvalue weighted by Crippen LogP contribution is 2.29. The van der Waals surface area contributed by atoms with E-state index < -0.39 is 23.0 Å². The molecule has 1 aromatic heterocycles. The number of nitro groups is 1. The second kappa shape index (κ2) is 5.34. The standard InChI is InChI=1S/C8H3F3IN3O3/c9-8(10,11)18-6-3-5(12)4(1-2-13)7(14-6)15(16)17/h3H,1H2. The summed E-state index contributed by atoms with van der Waals surface area (Å²) in [7, 11) is 0. The fraction of sp³-hybridized carbons (Fsp3) is 0.250. The number of alkyl halides is 3. The van der Waals surface area contributed by atoms with Crippen molar-refractivity contribution in [2.24, 2.45) is 0 Å². The molecular weight excluding hydrogens is 370 g/mol. The van der Waals surface area contributed by atoms with E-state index >= 15 is 0 Å². The van der Waals surface area contributed by atoms with E-state index in [9.17, 15) is 23.3 Å². The molecule has 0 aromatic carbocycles. The van der Waals surface area contributed by atoms with Crippen LogP contribution in [0.4, 0.5) is 19.0 Å². The molecule has 1 heterocycles. The van der Waals surface area contributed by atoms with Crippen LogP contribution in [0.3, 0.4) is 0 Å². The van der Waals surface area contributed by atoms with E-state index in [0.29, 0.717) is 0 Å². The molecule has 1 rings (SSSR count). The number of pyridine rings is 1. The van der Waals surface area contributed by atoms with E-state index in [1.807, 2.05) is 0 Å². The largest absolute Gasteiger partial charge is 0.575 e. The van der Waals surface area contributed by atoms with Gasteiger partial charge in [-0.1, -0.05) is 0 Å². The van der Waals surface area contributed by atoms with Crippen LogP contribution in [0.25, 0.3) is 0 Å². The van der Waals surface area contributed by atoms with Crippen molar-refractivity contribution in [2.45, 2.75) is 12.8 Å². The normalized spacial score (nSPS) is 10.8. The van der Waals surface area contributed by atoms with Gasteiger partial charge in [0.2, 0.25) is 0 Å². The van der Waals surface area contributed by atoms with E-state index in [1.165, 1.54) is 0 Å². The molecule has 10 heteroatoms. The predicted molar refractivity (Wildman–Crippen MR) is 59.6 cm³/mol. The van der Waals surface area contributed by atoms with Crippen molar-refractivity contribution in [2.75, 3.05) is 0 Å². The van der Waals surface area contributed by atoms with E-state index in [-0.39, 0.29) is 15.6 Å². The Kier molecular flexibility index (Phi) is 4.28. The zero-order valence-corrected chi connectivity index (χ0v) is 10.5. The molecule has 96 valence electrons. The molecule has 1 aromatic rings. The zero-order chi connectivity index (χ0) is 13.9. The Morgan fingerprint density at radius 3 is 2.67 bits per heavy atom. The Morgan fingerprint density at radius 1 is 1.61 bits per heavy atom. The fourth-order valence-electron chi connectivity index (χ4n) is 1.07. The number of rotatable bonds is 3. The van der Waals surface area contributed by atoms with E-state index in [2.05, 4.69) is 9.72 Å². The summed E-state index contributed by atoms with van der Waals surface area (Å²) in [6.45, 7) is 0. The monoisotopic (exact) mass is 373 g/mol. The number of ether oxygens (including phenoxy) is 1. The summed E-state index contributed by atoms with van der Waals surface area (Å²) in [5.74, 6) is -1.75. The lowest BCUT2D eigenvalue weighted by molar-refractivity contribution is -0.390. The summed E-state index contributed by atoms with van der Waals surface area (Å²) in [5, 5.41) is 19.2. The van der Waals surface area contributed by atoms with Gasteiger partial charge < -0.3 is 14.9 Å². The van der Waals surface area contributed by atoms with Crippen molar-refractivity contribution >= 4 is 28.4 Å². The minimum atomic E-state index is -4.99.